The van der Waals surface area contributed by atoms with E-state index in [0.29, 0.717) is 24.8 Å². The summed E-state index contributed by atoms with van der Waals surface area (Å²) in [5, 5.41) is 13.9. The molecule has 9 heteroatoms. The maximum absolute atomic E-state index is 13.3. The number of nitrogen functional groups attached to an aromatic ring is 1. The predicted molar refractivity (Wildman–Crippen MR) is 123 cm³/mol. The van der Waals surface area contributed by atoms with Gasteiger partial charge in [-0.3, -0.25) is 14.8 Å². The molecule has 4 rings (SSSR count). The first-order chi connectivity index (χ1) is 16.0. The average molecular weight is 473 g/mol. The Bertz CT molecular complexity index is 1200. The zero-order valence-corrected chi connectivity index (χ0v) is 18.8. The number of nitrogens with one attached hydrogen (secondary N) is 1. The smallest absolute Gasteiger partial charge is 0.397 e. The fourth-order valence-corrected chi connectivity index (χ4v) is 4.87. The monoisotopic (exact) mass is 472 g/mol. The highest BCUT2D eigenvalue weighted by Gasteiger charge is 2.38. The molecular formula is C25H27F3N4O2. The Morgan fingerprint density at radius 3 is 2.71 bits per heavy atom. The first-order valence-corrected chi connectivity index (χ1v) is 11.2. The van der Waals surface area contributed by atoms with Crippen LogP contribution in [0, 0.1) is 5.92 Å². The standard InChI is InChI=1S/C25H27F3N4O2/c1-24(13-15-4-2-6-19(33)10-15,22-20(29)12-18(14-31-22)25(26,27)28)32-23(34)17-7-8-21-16(11-17)5-3-9-30-21/h3,5,7-9,11-12,14-15,19,33H,2,4,6,10,13,29H2,1H3,(H,32,34). The maximum atomic E-state index is 13.3. The summed E-state index contributed by atoms with van der Waals surface area (Å²) in [4.78, 5) is 21.6. The zero-order chi connectivity index (χ0) is 24.5. The van der Waals surface area contributed by atoms with Gasteiger partial charge in [0.15, 0.2) is 0 Å². The molecule has 180 valence electrons. The molecule has 3 atom stereocenters. The van der Waals surface area contributed by atoms with Gasteiger partial charge in [-0.15, -0.1) is 0 Å². The molecule has 0 saturated heterocycles. The van der Waals surface area contributed by atoms with Gasteiger partial charge in [0.2, 0.25) is 0 Å². The quantitative estimate of drug-likeness (QED) is 0.494. The van der Waals surface area contributed by atoms with Crippen LogP contribution in [-0.4, -0.2) is 27.1 Å². The van der Waals surface area contributed by atoms with Crippen molar-refractivity contribution in [1.29, 1.82) is 0 Å². The fourth-order valence-electron chi connectivity index (χ4n) is 4.87. The number of anilines is 1. The van der Waals surface area contributed by atoms with E-state index in [-0.39, 0.29) is 17.3 Å². The minimum Gasteiger partial charge on any atom is -0.397 e. The SMILES string of the molecule is CC(CC1CCCC(O)C1)(NC(=O)c1ccc2ncccc2c1)c1ncc(C(F)(F)F)cc1N. The Morgan fingerprint density at radius 2 is 2.00 bits per heavy atom. The van der Waals surface area contributed by atoms with Crippen molar-refractivity contribution in [2.24, 2.45) is 5.92 Å². The minimum absolute atomic E-state index is 0.0540. The van der Waals surface area contributed by atoms with Gasteiger partial charge < -0.3 is 16.2 Å². The number of alkyl halides is 3. The number of hydrogen-bond donors (Lipinski definition) is 3. The van der Waals surface area contributed by atoms with Crippen LogP contribution in [0.15, 0.2) is 48.8 Å². The fraction of sp³-hybridized carbons (Fsp3) is 0.400. The zero-order valence-electron chi connectivity index (χ0n) is 18.8. The van der Waals surface area contributed by atoms with E-state index >= 15 is 0 Å². The molecule has 1 saturated carbocycles. The second-order valence-electron chi connectivity index (χ2n) is 9.25. The Morgan fingerprint density at radius 1 is 1.21 bits per heavy atom. The average Bonchev–Trinajstić information content (AvgIpc) is 2.78. The summed E-state index contributed by atoms with van der Waals surface area (Å²) in [6.07, 6.45) is 0.710. The van der Waals surface area contributed by atoms with Crippen LogP contribution >= 0.6 is 0 Å². The number of carbonyl (C=O) groups excluding carboxylic acids is 1. The molecule has 1 fully saturated rings. The van der Waals surface area contributed by atoms with Crippen LogP contribution in [-0.2, 0) is 11.7 Å². The van der Waals surface area contributed by atoms with Gasteiger partial charge in [0.1, 0.15) is 0 Å². The summed E-state index contributed by atoms with van der Waals surface area (Å²) in [5.41, 5.74) is 5.13. The summed E-state index contributed by atoms with van der Waals surface area (Å²) in [5.74, 6) is -0.343. The molecule has 1 amide bonds. The number of halogens is 3. The van der Waals surface area contributed by atoms with Crippen LogP contribution in [0.2, 0.25) is 0 Å². The number of benzene rings is 1. The van der Waals surface area contributed by atoms with Crippen LogP contribution in [0.3, 0.4) is 0 Å². The first kappa shape index (κ1) is 23.9. The highest BCUT2D eigenvalue weighted by Crippen LogP contribution is 2.39. The molecule has 2 aromatic heterocycles. The molecule has 4 N–H and O–H groups in total. The molecule has 2 heterocycles. The van der Waals surface area contributed by atoms with Gasteiger partial charge in [0.25, 0.3) is 5.91 Å². The van der Waals surface area contributed by atoms with E-state index in [0.717, 1.165) is 36.0 Å². The number of amides is 1. The summed E-state index contributed by atoms with van der Waals surface area (Å²) in [6, 6.07) is 9.57. The number of pyridine rings is 2. The third-order valence-corrected chi connectivity index (χ3v) is 6.47. The van der Waals surface area contributed by atoms with Crippen molar-refractivity contribution < 1.29 is 23.1 Å². The summed E-state index contributed by atoms with van der Waals surface area (Å²) in [6.45, 7) is 1.72. The number of nitrogens with two attached hydrogens (primary N) is 1. The third-order valence-electron chi connectivity index (χ3n) is 6.47. The van der Waals surface area contributed by atoms with Gasteiger partial charge in [-0.05, 0) is 62.4 Å². The highest BCUT2D eigenvalue weighted by atomic mass is 19.4. The first-order valence-electron chi connectivity index (χ1n) is 11.2. The lowest BCUT2D eigenvalue weighted by atomic mass is 9.77. The molecule has 34 heavy (non-hydrogen) atoms. The Kier molecular flexibility index (Phi) is 6.49. The minimum atomic E-state index is -4.58. The molecule has 1 aromatic carbocycles. The van der Waals surface area contributed by atoms with Crippen molar-refractivity contribution >= 4 is 22.5 Å². The van der Waals surface area contributed by atoms with Crippen molar-refractivity contribution in [1.82, 2.24) is 15.3 Å². The molecule has 1 aliphatic rings. The number of rotatable bonds is 5. The van der Waals surface area contributed by atoms with E-state index in [1.807, 2.05) is 6.07 Å². The highest BCUT2D eigenvalue weighted by molar-refractivity contribution is 5.98. The van der Waals surface area contributed by atoms with Crippen LogP contribution in [0.5, 0.6) is 0 Å². The number of nitrogens with zero attached hydrogens (tertiary/aromatic N) is 2. The molecule has 0 bridgehead atoms. The topological polar surface area (TPSA) is 101 Å². The van der Waals surface area contributed by atoms with Gasteiger partial charge in [0, 0.05) is 23.3 Å². The number of hydrogen-bond acceptors (Lipinski definition) is 5. The van der Waals surface area contributed by atoms with Gasteiger partial charge in [-0.1, -0.05) is 18.9 Å². The third kappa shape index (κ3) is 5.14. The number of aliphatic hydroxyl groups is 1. The number of fused-ring (bicyclic) bond motifs is 1. The van der Waals surface area contributed by atoms with Crippen molar-refractivity contribution in [3.63, 3.8) is 0 Å². The van der Waals surface area contributed by atoms with E-state index in [1.54, 1.807) is 37.4 Å². The number of carbonyl (C=O) groups is 1. The number of aliphatic hydroxyl groups excluding tert-OH is 1. The van der Waals surface area contributed by atoms with E-state index in [2.05, 4.69) is 15.3 Å². The molecule has 0 spiro atoms. The van der Waals surface area contributed by atoms with E-state index in [4.69, 9.17) is 5.73 Å². The van der Waals surface area contributed by atoms with Crippen LogP contribution in [0.1, 0.15) is 60.6 Å². The summed E-state index contributed by atoms with van der Waals surface area (Å²) >= 11 is 0. The molecule has 0 radical (unpaired) electrons. The molecule has 1 aliphatic carbocycles. The van der Waals surface area contributed by atoms with Gasteiger partial charge in [-0.25, -0.2) is 0 Å². The lowest BCUT2D eigenvalue weighted by molar-refractivity contribution is -0.137. The van der Waals surface area contributed by atoms with Crippen LogP contribution in [0.4, 0.5) is 18.9 Å². The van der Waals surface area contributed by atoms with Crippen molar-refractivity contribution in [3.8, 4) is 0 Å². The lowest BCUT2D eigenvalue weighted by Crippen LogP contribution is -2.46. The van der Waals surface area contributed by atoms with Crippen LogP contribution in [0.25, 0.3) is 10.9 Å². The summed E-state index contributed by atoms with van der Waals surface area (Å²) in [7, 11) is 0. The largest absolute Gasteiger partial charge is 0.417 e. The molecule has 3 unspecified atom stereocenters. The Hall–Kier alpha value is -3.20. The van der Waals surface area contributed by atoms with Crippen molar-refractivity contribution in [2.45, 2.75) is 56.8 Å². The van der Waals surface area contributed by atoms with E-state index in [1.165, 1.54) is 0 Å². The molecule has 6 nitrogen and oxygen atoms in total. The molecule has 3 aromatic rings. The Balaban J connectivity index is 1.68. The van der Waals surface area contributed by atoms with Crippen molar-refractivity contribution in [3.05, 3.63) is 65.6 Å². The maximum Gasteiger partial charge on any atom is 0.417 e. The molecular weight excluding hydrogens is 445 g/mol. The number of aromatic nitrogens is 2. The molecule has 0 aliphatic heterocycles. The second kappa shape index (κ2) is 9.21. The normalized spacial score (nSPS) is 20.6. The van der Waals surface area contributed by atoms with E-state index < -0.39 is 29.3 Å². The van der Waals surface area contributed by atoms with Gasteiger partial charge in [-0.2, -0.15) is 13.2 Å². The van der Waals surface area contributed by atoms with Crippen molar-refractivity contribution in [2.75, 3.05) is 5.73 Å². The van der Waals surface area contributed by atoms with Gasteiger partial charge in [0.05, 0.1) is 34.1 Å². The van der Waals surface area contributed by atoms with E-state index in [9.17, 15) is 23.1 Å². The van der Waals surface area contributed by atoms with Gasteiger partial charge >= 0.3 is 6.18 Å². The predicted octanol–water partition coefficient (Wildman–Crippen LogP) is 4.82. The van der Waals surface area contributed by atoms with Crippen LogP contribution < -0.4 is 11.1 Å². The Labute approximate surface area is 195 Å². The lowest BCUT2D eigenvalue weighted by Gasteiger charge is -2.37. The second-order valence-corrected chi connectivity index (χ2v) is 9.25. The summed E-state index contributed by atoms with van der Waals surface area (Å²) < 4.78 is 39.5.